The van der Waals surface area contributed by atoms with Crippen LogP contribution in [0, 0.1) is 46.6 Å². The number of nitriles is 2. The Hall–Kier alpha value is -11.1. The molecule has 0 spiro atoms. The van der Waals surface area contributed by atoms with E-state index in [1.807, 2.05) is 82.3 Å². The van der Waals surface area contributed by atoms with Crippen molar-refractivity contribution < 1.29 is 108 Å². The summed E-state index contributed by atoms with van der Waals surface area (Å²) in [5.74, 6) is 4.09. The molecule has 6 aliphatic rings. The number of fused-ring (bicyclic) bond motifs is 4. The van der Waals surface area contributed by atoms with Crippen LogP contribution >= 0.6 is 0 Å². The molecule has 7 aromatic carbocycles. The lowest BCUT2D eigenvalue weighted by Gasteiger charge is -2.31. The fraction of sp³-hybridized carbons (Fsp3) is 0.415. The number of amides is 2. The van der Waals surface area contributed by atoms with Crippen molar-refractivity contribution in [3.8, 4) is 64.1 Å². The molecule has 6 heterocycles. The minimum absolute atomic E-state index is 0.00765. The number of hydrogen-bond acceptors (Lipinski definition) is 28. The topological polar surface area (TPSA) is 422 Å². The monoisotopic (exact) mass is 1650 g/mol. The third-order valence-corrected chi connectivity index (χ3v) is 22.5. The van der Waals surface area contributed by atoms with Crippen LogP contribution < -0.4 is 64.3 Å². The van der Waals surface area contributed by atoms with Gasteiger partial charge in [-0.3, -0.25) is 0 Å². The molecule has 0 bridgehead atoms. The Bertz CT molecular complexity index is 4700. The van der Waals surface area contributed by atoms with E-state index in [1.54, 1.807) is 103 Å². The molecule has 10 atom stereocenters. The van der Waals surface area contributed by atoms with Crippen LogP contribution in [0.4, 0.5) is 9.59 Å². The molecule has 6 aliphatic heterocycles. The van der Waals surface area contributed by atoms with Crippen LogP contribution in [0.2, 0.25) is 0 Å². The molecule has 624 valence electrons. The van der Waals surface area contributed by atoms with Gasteiger partial charge in [0.25, 0.3) is 0 Å². The Morgan fingerprint density at radius 2 is 0.957 bits per heavy atom. The molecular weight excluding hydrogens is 1560 g/mol. The molecule has 0 aliphatic carbocycles. The molecule has 2 amide bonds. The van der Waals surface area contributed by atoms with Crippen LogP contribution in [0.15, 0.2) is 196 Å². The first-order valence-electron chi connectivity index (χ1n) is 38.2. The van der Waals surface area contributed by atoms with Gasteiger partial charge in [-0.1, -0.05) is 112 Å². The SMILES string of the molecule is CC(C)CN(C[C@@H](O)[C@H](Cc1ccc(OCCN)cc1)NC(=O)O[C@@H]1CO[C@H]2OCC[C@H]21)S(=O)(=O)c1ccc2c(c1)OCO2.CC(C)CN(C[C@@H](O)[C@H](Cc1ccc(OCCN=C(NC#N)Oc2ccccc2)cc1)NC(=O)O[C@@H]1CO[C@H]2OCC[C@H]21)S(=O)(=O)c1ccc2c(c1)OCO2.N#CN=C(Oc1ccccc1)Oc1ccccc1. The van der Waals surface area contributed by atoms with E-state index in [-0.39, 0.29) is 131 Å². The van der Waals surface area contributed by atoms with Gasteiger partial charge in [0.05, 0.1) is 78.9 Å². The standard InChI is InChI=1S/C38H45N5O11S.C30H41N3O10S.C14H10N2O2/c1-25(2)20-43(55(46,47)29-12-13-33-34(19-29)52-24-51-33)21-32(44)31(42-38(45)54-35-22-50-36-30(35)14-16-49-36)18-26-8-10-27(11-9-26)48-17-15-40-37(41-23-39)53-28-6-4-3-5-7-28;1-19(2)15-33(44(36,37)22-7-8-26-27(14-22)42-18-41-26)16-25(34)24(13-20-3-5-21(6-4-20)38-12-10-31)32-30(35)43-28-17-40-29-23(28)9-11-39-29;15-11-16-14(17-12-7-3-1-4-8-12)18-13-9-5-2-6-10-13/h3-13,19,25,30-32,35-36,44H,14-18,20-22,24H2,1-2H3,(H,40,41)(H,42,45);3-8,14,19,23-25,28-29,34H,9-13,15-18,31H2,1-2H3,(H,32,35);1-10H/t30-,31-,32+,35+,36+;23-,24-,25+,28+,29+;/m00./s1. The lowest BCUT2D eigenvalue weighted by molar-refractivity contribution is -0.0909. The highest BCUT2D eigenvalue weighted by molar-refractivity contribution is 7.89. The van der Waals surface area contributed by atoms with Gasteiger partial charge >= 0.3 is 24.3 Å². The summed E-state index contributed by atoms with van der Waals surface area (Å²) in [6.45, 7) is 9.77. The molecule has 4 fully saturated rings. The number of sulfonamides is 2. The number of ether oxygens (including phenoxy) is 15. The zero-order chi connectivity index (χ0) is 82.7. The summed E-state index contributed by atoms with van der Waals surface area (Å²) in [7, 11) is -8.16. The number of aliphatic imine (C=N–C) groups is 2. The van der Waals surface area contributed by atoms with Gasteiger partial charge in [0.2, 0.25) is 39.8 Å². The molecule has 13 rings (SSSR count). The zero-order valence-electron chi connectivity index (χ0n) is 64.9. The number of aliphatic hydroxyl groups is 2. The van der Waals surface area contributed by atoms with E-state index in [9.17, 15) is 36.6 Å². The van der Waals surface area contributed by atoms with E-state index < -0.39 is 75.0 Å². The third kappa shape index (κ3) is 25.2. The van der Waals surface area contributed by atoms with Gasteiger partial charge in [-0.25, -0.2) is 36.7 Å². The van der Waals surface area contributed by atoms with Gasteiger partial charge in [0.15, 0.2) is 41.8 Å². The van der Waals surface area contributed by atoms with Gasteiger partial charge in [-0.05, 0) is 134 Å². The minimum atomic E-state index is -4.11. The Morgan fingerprint density at radius 3 is 1.37 bits per heavy atom. The summed E-state index contributed by atoms with van der Waals surface area (Å²) in [6, 6.07) is 48.2. The zero-order valence-corrected chi connectivity index (χ0v) is 66.6. The molecule has 33 nitrogen and oxygen atoms in total. The number of benzene rings is 7. The average Bonchev–Trinajstić information content (AvgIpc) is 1.71. The van der Waals surface area contributed by atoms with Crippen molar-refractivity contribution >= 4 is 44.3 Å². The molecule has 35 heteroatoms. The van der Waals surface area contributed by atoms with Crippen LogP contribution in [0.3, 0.4) is 0 Å². The number of carbonyl (C=O) groups is 2. The van der Waals surface area contributed by atoms with Crippen molar-refractivity contribution in [3.63, 3.8) is 0 Å². The fourth-order valence-corrected chi connectivity index (χ4v) is 16.5. The van der Waals surface area contributed by atoms with Crippen molar-refractivity contribution in [2.75, 3.05) is 92.5 Å². The lowest BCUT2D eigenvalue weighted by Crippen LogP contribution is -2.51. The molecule has 7 aromatic rings. The second-order valence-electron chi connectivity index (χ2n) is 28.4. The van der Waals surface area contributed by atoms with Gasteiger partial charge in [-0.15, -0.1) is 0 Å². The van der Waals surface area contributed by atoms with Crippen LogP contribution in [0.25, 0.3) is 0 Å². The van der Waals surface area contributed by atoms with Crippen LogP contribution in [0.5, 0.6) is 51.7 Å². The van der Waals surface area contributed by atoms with E-state index >= 15 is 0 Å². The van der Waals surface area contributed by atoms with E-state index in [2.05, 4.69) is 25.9 Å². The highest BCUT2D eigenvalue weighted by Gasteiger charge is 2.46. The Balaban J connectivity index is 0.000000192. The predicted molar refractivity (Wildman–Crippen MR) is 422 cm³/mol. The number of hydrogen-bond donors (Lipinski definition) is 6. The van der Waals surface area contributed by atoms with Crippen molar-refractivity contribution in [1.29, 1.82) is 10.5 Å². The largest absolute Gasteiger partial charge is 0.492 e. The molecule has 7 N–H and O–H groups in total. The summed E-state index contributed by atoms with van der Waals surface area (Å²) < 4.78 is 141. The van der Waals surface area contributed by atoms with Crippen LogP contribution in [0.1, 0.15) is 51.7 Å². The molecule has 4 saturated heterocycles. The first-order valence-corrected chi connectivity index (χ1v) is 41.0. The molecule has 0 unspecified atom stereocenters. The number of nitrogens with one attached hydrogen (secondary N) is 3. The average molecular weight is 1650 g/mol. The van der Waals surface area contributed by atoms with E-state index in [1.165, 1.54) is 38.9 Å². The maximum Gasteiger partial charge on any atom is 0.410 e. The number of carbonyl (C=O) groups excluding carboxylic acids is 2. The number of nitrogens with zero attached hydrogens (tertiary/aromatic N) is 6. The normalized spacial score (nSPS) is 19.2. The Morgan fingerprint density at radius 1 is 0.538 bits per heavy atom. The first kappa shape index (κ1) is 86.8. The van der Waals surface area contributed by atoms with Crippen LogP contribution in [-0.2, 0) is 61.3 Å². The van der Waals surface area contributed by atoms with Gasteiger partial charge in [-0.2, -0.15) is 19.1 Å². The third-order valence-electron chi connectivity index (χ3n) is 18.8. The number of nitrogens with two attached hydrogens (primary N) is 1. The smallest absolute Gasteiger partial charge is 0.410 e. The van der Waals surface area contributed by atoms with Crippen LogP contribution in [-0.4, -0.2) is 202 Å². The molecule has 117 heavy (non-hydrogen) atoms. The van der Waals surface area contributed by atoms with Crippen molar-refractivity contribution in [2.24, 2.45) is 39.4 Å². The predicted octanol–water partition coefficient (Wildman–Crippen LogP) is 8.25. The highest BCUT2D eigenvalue weighted by Crippen LogP contribution is 2.38. The summed E-state index contributed by atoms with van der Waals surface area (Å²) in [6.07, 6.45) is -0.852. The van der Waals surface area contributed by atoms with Crippen molar-refractivity contribution in [3.05, 3.63) is 187 Å². The summed E-state index contributed by atoms with van der Waals surface area (Å²) in [5, 5.41) is 48.9. The Kier molecular flexibility index (Phi) is 31.7. The highest BCUT2D eigenvalue weighted by atomic mass is 32.2. The molecular formula is C82H96N10O23S2. The lowest BCUT2D eigenvalue weighted by atomic mass is 10.0. The van der Waals surface area contributed by atoms with E-state index in [4.69, 9.17) is 87.3 Å². The summed E-state index contributed by atoms with van der Waals surface area (Å²) >= 11 is 0. The van der Waals surface area contributed by atoms with E-state index in [0.29, 0.717) is 84.5 Å². The number of aliphatic hydroxyl groups excluding tert-OH is 2. The van der Waals surface area contributed by atoms with Gasteiger partial charge in [0, 0.05) is 44.9 Å². The number of amidine groups is 1. The quantitative estimate of drug-likeness (QED) is 0.00759. The maximum atomic E-state index is 14.0. The second-order valence-corrected chi connectivity index (χ2v) is 32.2. The van der Waals surface area contributed by atoms with Gasteiger partial charge in [0.1, 0.15) is 54.2 Å². The Labute approximate surface area is 679 Å². The van der Waals surface area contributed by atoms with Gasteiger partial charge < -0.3 is 97.6 Å². The molecule has 0 aromatic heterocycles. The molecule has 0 saturated carbocycles. The van der Waals surface area contributed by atoms with E-state index in [0.717, 1.165) is 17.5 Å². The second kappa shape index (κ2) is 42.7. The fourth-order valence-electron chi connectivity index (χ4n) is 13.2. The minimum Gasteiger partial charge on any atom is -0.492 e. The first-order chi connectivity index (χ1) is 56.6. The number of rotatable bonds is 32. The molecule has 0 radical (unpaired) electrons. The maximum absolute atomic E-state index is 14.0. The summed E-state index contributed by atoms with van der Waals surface area (Å²) in [5.41, 5.74) is 7.04. The summed E-state index contributed by atoms with van der Waals surface area (Å²) in [4.78, 5) is 34.2. The number of para-hydroxylation sites is 3. The van der Waals surface area contributed by atoms with Crippen molar-refractivity contribution in [2.45, 2.75) is 112 Å². The number of alkyl carbamates (subject to hydrolysis) is 2. The van der Waals surface area contributed by atoms with Crippen molar-refractivity contribution in [1.82, 2.24) is 24.6 Å².